The lowest BCUT2D eigenvalue weighted by Gasteiger charge is -2.16. The fourth-order valence-electron chi connectivity index (χ4n) is 2.77. The van der Waals surface area contributed by atoms with Crippen molar-refractivity contribution >= 4 is 38.7 Å². The van der Waals surface area contributed by atoms with Crippen LogP contribution in [-0.2, 0) is 20.7 Å². The average molecular weight is 381 g/mol. The lowest BCUT2D eigenvalue weighted by molar-refractivity contribution is -0.142. The van der Waals surface area contributed by atoms with Crippen molar-refractivity contribution in [1.82, 2.24) is 10.3 Å². The normalized spacial score (nSPS) is 18.9. The Balaban J connectivity index is 1.77. The maximum Gasteiger partial charge on any atom is 0.326 e. The Morgan fingerprint density at radius 1 is 1.48 bits per heavy atom. The third kappa shape index (κ3) is 3.56. The van der Waals surface area contributed by atoms with E-state index in [1.807, 2.05) is 18.2 Å². The molecule has 1 amide bonds. The van der Waals surface area contributed by atoms with Gasteiger partial charge in [-0.2, -0.15) is 0 Å². The number of amides is 1. The van der Waals surface area contributed by atoms with E-state index in [4.69, 9.17) is 4.74 Å². The number of ether oxygens (including phenoxy) is 1. The molecule has 7 heteroatoms. The van der Waals surface area contributed by atoms with E-state index in [0.717, 1.165) is 20.9 Å². The molecule has 122 valence electrons. The first-order chi connectivity index (χ1) is 11.0. The van der Waals surface area contributed by atoms with E-state index in [1.165, 1.54) is 0 Å². The molecule has 1 aromatic heterocycles. The number of hydrogen-bond acceptors (Lipinski definition) is 3. The molecule has 0 aliphatic carbocycles. The number of carboxylic acid groups (broad SMARTS) is 1. The molecule has 1 aromatic carbocycles. The zero-order valence-electron chi connectivity index (χ0n) is 12.3. The Morgan fingerprint density at radius 2 is 2.30 bits per heavy atom. The number of rotatable bonds is 5. The van der Waals surface area contributed by atoms with Crippen molar-refractivity contribution in [1.29, 1.82) is 0 Å². The highest BCUT2D eigenvalue weighted by Crippen LogP contribution is 2.24. The van der Waals surface area contributed by atoms with Gasteiger partial charge in [0, 0.05) is 34.6 Å². The van der Waals surface area contributed by atoms with Crippen LogP contribution in [0.4, 0.5) is 0 Å². The van der Waals surface area contributed by atoms with Gasteiger partial charge in [-0.15, -0.1) is 0 Å². The van der Waals surface area contributed by atoms with Gasteiger partial charge in [-0.05, 0) is 30.2 Å². The maximum atomic E-state index is 12.1. The minimum absolute atomic E-state index is 0.227. The van der Waals surface area contributed by atoms with Crippen molar-refractivity contribution in [2.45, 2.75) is 18.9 Å². The molecular weight excluding hydrogens is 364 g/mol. The Hall–Kier alpha value is -1.86. The van der Waals surface area contributed by atoms with Gasteiger partial charge in [-0.3, -0.25) is 4.79 Å². The molecule has 1 saturated heterocycles. The molecular formula is C16H17BrN2O4. The number of aromatic amines is 1. The largest absolute Gasteiger partial charge is 0.480 e. The van der Waals surface area contributed by atoms with Gasteiger partial charge >= 0.3 is 5.97 Å². The number of carbonyl (C=O) groups excluding carboxylic acids is 1. The molecule has 2 heterocycles. The van der Waals surface area contributed by atoms with Gasteiger partial charge < -0.3 is 20.1 Å². The van der Waals surface area contributed by atoms with Crippen LogP contribution in [0.3, 0.4) is 0 Å². The number of carboxylic acids is 1. The first kappa shape index (κ1) is 16.0. The van der Waals surface area contributed by atoms with Gasteiger partial charge in [0.25, 0.3) is 0 Å². The van der Waals surface area contributed by atoms with Crippen LogP contribution in [0, 0.1) is 5.92 Å². The van der Waals surface area contributed by atoms with Crippen LogP contribution in [0.15, 0.2) is 28.9 Å². The number of halogens is 1. The fraction of sp³-hybridized carbons (Fsp3) is 0.375. The van der Waals surface area contributed by atoms with Crippen molar-refractivity contribution in [2.24, 2.45) is 5.92 Å². The molecule has 0 saturated carbocycles. The number of hydrogen-bond donors (Lipinski definition) is 3. The van der Waals surface area contributed by atoms with Crippen molar-refractivity contribution in [3.63, 3.8) is 0 Å². The summed E-state index contributed by atoms with van der Waals surface area (Å²) in [4.78, 5) is 26.8. The predicted octanol–water partition coefficient (Wildman–Crippen LogP) is 2.08. The monoisotopic (exact) mass is 380 g/mol. The highest BCUT2D eigenvalue weighted by Gasteiger charge is 2.28. The Labute approximate surface area is 141 Å². The molecule has 1 aliphatic rings. The van der Waals surface area contributed by atoms with E-state index in [0.29, 0.717) is 19.6 Å². The molecule has 0 spiro atoms. The smallest absolute Gasteiger partial charge is 0.326 e. The number of nitrogens with one attached hydrogen (secondary N) is 2. The van der Waals surface area contributed by atoms with Crippen LogP contribution in [0.2, 0.25) is 0 Å². The van der Waals surface area contributed by atoms with Crippen molar-refractivity contribution in [3.05, 3.63) is 34.4 Å². The molecule has 6 nitrogen and oxygen atoms in total. The first-order valence-corrected chi connectivity index (χ1v) is 8.20. The summed E-state index contributed by atoms with van der Waals surface area (Å²) < 4.78 is 6.10. The molecule has 0 bridgehead atoms. The number of aromatic nitrogens is 1. The number of aliphatic carboxylic acids is 1. The Morgan fingerprint density at radius 3 is 3.00 bits per heavy atom. The summed E-state index contributed by atoms with van der Waals surface area (Å²) in [5.74, 6) is -1.55. The highest BCUT2D eigenvalue weighted by molar-refractivity contribution is 9.10. The van der Waals surface area contributed by atoms with E-state index in [9.17, 15) is 14.7 Å². The number of H-pyrrole nitrogens is 1. The van der Waals surface area contributed by atoms with E-state index in [2.05, 4.69) is 26.2 Å². The van der Waals surface area contributed by atoms with Gasteiger partial charge in [0.2, 0.25) is 5.91 Å². The average Bonchev–Trinajstić information content (AvgIpc) is 3.16. The Kier molecular flexibility index (Phi) is 4.68. The van der Waals surface area contributed by atoms with Crippen LogP contribution < -0.4 is 5.32 Å². The lowest BCUT2D eigenvalue weighted by atomic mass is 10.0. The molecule has 2 atom stereocenters. The van der Waals surface area contributed by atoms with E-state index < -0.39 is 12.0 Å². The summed E-state index contributed by atoms with van der Waals surface area (Å²) in [6, 6.07) is 4.82. The number of benzene rings is 1. The fourth-order valence-corrected chi connectivity index (χ4v) is 3.13. The number of carbonyl (C=O) groups is 2. The third-order valence-electron chi connectivity index (χ3n) is 4.07. The second-order valence-electron chi connectivity index (χ2n) is 5.67. The summed E-state index contributed by atoms with van der Waals surface area (Å²) >= 11 is 3.42. The Bertz CT molecular complexity index is 737. The van der Waals surface area contributed by atoms with Crippen molar-refractivity contribution in [2.75, 3.05) is 13.2 Å². The third-order valence-corrected chi connectivity index (χ3v) is 4.56. The molecule has 0 radical (unpaired) electrons. The molecule has 1 fully saturated rings. The SMILES string of the molecule is O=C(NC(Cc1c[nH]c2ccc(Br)cc12)C(=O)O)C1CCOC1. The van der Waals surface area contributed by atoms with Crippen LogP contribution >= 0.6 is 15.9 Å². The van der Waals surface area contributed by atoms with E-state index >= 15 is 0 Å². The summed E-state index contributed by atoms with van der Waals surface area (Å²) in [5.41, 5.74) is 1.79. The maximum absolute atomic E-state index is 12.1. The van der Waals surface area contributed by atoms with Gasteiger partial charge in [0.05, 0.1) is 12.5 Å². The second-order valence-corrected chi connectivity index (χ2v) is 6.58. The van der Waals surface area contributed by atoms with Crippen LogP contribution in [0.25, 0.3) is 10.9 Å². The molecule has 1 aliphatic heterocycles. The standard InChI is InChI=1S/C16H17BrN2O4/c17-11-1-2-13-12(6-11)10(7-18-13)5-14(16(21)22)19-15(20)9-3-4-23-8-9/h1-2,6-7,9,14,18H,3-5,8H2,(H,19,20)(H,21,22). The molecule has 2 aromatic rings. The number of fused-ring (bicyclic) bond motifs is 1. The molecule has 3 N–H and O–H groups in total. The molecule has 2 unspecified atom stereocenters. The second kappa shape index (κ2) is 6.72. The summed E-state index contributed by atoms with van der Waals surface area (Å²) in [7, 11) is 0. The topological polar surface area (TPSA) is 91.4 Å². The van der Waals surface area contributed by atoms with Crippen LogP contribution in [0.1, 0.15) is 12.0 Å². The van der Waals surface area contributed by atoms with Gasteiger partial charge in [0.15, 0.2) is 0 Å². The first-order valence-electron chi connectivity index (χ1n) is 7.41. The van der Waals surface area contributed by atoms with E-state index in [1.54, 1.807) is 6.20 Å². The van der Waals surface area contributed by atoms with Gasteiger partial charge in [0.1, 0.15) is 6.04 Å². The molecule has 3 rings (SSSR count). The van der Waals surface area contributed by atoms with Crippen molar-refractivity contribution in [3.8, 4) is 0 Å². The summed E-state index contributed by atoms with van der Waals surface area (Å²) in [5, 5.41) is 13.0. The zero-order chi connectivity index (χ0) is 16.4. The van der Waals surface area contributed by atoms with E-state index in [-0.39, 0.29) is 18.2 Å². The summed E-state index contributed by atoms with van der Waals surface area (Å²) in [6.45, 7) is 0.907. The summed E-state index contributed by atoms with van der Waals surface area (Å²) in [6.07, 6.45) is 2.65. The van der Waals surface area contributed by atoms with Crippen molar-refractivity contribution < 1.29 is 19.4 Å². The van der Waals surface area contributed by atoms with Gasteiger partial charge in [-0.25, -0.2) is 4.79 Å². The molecule has 23 heavy (non-hydrogen) atoms. The predicted molar refractivity (Wildman–Crippen MR) is 88.2 cm³/mol. The van der Waals surface area contributed by atoms with Crippen LogP contribution in [0.5, 0.6) is 0 Å². The minimum Gasteiger partial charge on any atom is -0.480 e. The minimum atomic E-state index is -1.04. The quantitative estimate of drug-likeness (QED) is 0.740. The van der Waals surface area contributed by atoms with Crippen LogP contribution in [-0.4, -0.2) is 41.2 Å². The lowest BCUT2D eigenvalue weighted by Crippen LogP contribution is -2.45. The highest BCUT2D eigenvalue weighted by atomic mass is 79.9. The van der Waals surface area contributed by atoms with Gasteiger partial charge in [-0.1, -0.05) is 15.9 Å². The zero-order valence-corrected chi connectivity index (χ0v) is 13.9.